The minimum Gasteiger partial charge on any atom is -0.493 e. The zero-order chi connectivity index (χ0) is 36.1. The highest BCUT2D eigenvalue weighted by Crippen LogP contribution is 2.36. The molecule has 3 heterocycles. The van der Waals surface area contributed by atoms with E-state index in [1.165, 1.54) is 14.2 Å². The third kappa shape index (κ3) is 8.33. The van der Waals surface area contributed by atoms with Gasteiger partial charge in [-0.25, -0.2) is 4.79 Å². The molecule has 15 heteroatoms. The number of nitrogens with one attached hydrogen (secondary N) is 1. The zero-order valence-electron chi connectivity index (χ0n) is 27.8. The first-order chi connectivity index (χ1) is 24.7. The lowest BCUT2D eigenvalue weighted by Crippen LogP contribution is -2.67. The standard InChI is InChI=1S/C36H41NO14/c1-44-22-14-13-19(15-23(22)45-2)16-26(38)37-33-29(41)27(39)31(24(48-33)17-46-34(43)20-9-5-3-6-10-20)51-36-30(42)28(40)32-25(49-36)18-47-35(50-32)21-11-7-4-8-12-21/h3-15,24-25,27-33,35-36,39-42H,16-18H2,1-2H3,(H,37,38)/t24-,25-,27-,28-,29-,30-,31-,32-,33-,35?,36-/m1/s1. The van der Waals surface area contributed by atoms with Crippen LogP contribution in [0.1, 0.15) is 27.8 Å². The van der Waals surface area contributed by atoms with Crippen molar-refractivity contribution in [2.45, 2.75) is 74.1 Å². The van der Waals surface area contributed by atoms with Crippen molar-refractivity contribution in [3.05, 3.63) is 95.6 Å². The van der Waals surface area contributed by atoms with Crippen LogP contribution in [0.2, 0.25) is 0 Å². The number of benzene rings is 3. The van der Waals surface area contributed by atoms with Crippen LogP contribution >= 0.6 is 0 Å². The van der Waals surface area contributed by atoms with Gasteiger partial charge in [-0.15, -0.1) is 0 Å². The van der Waals surface area contributed by atoms with E-state index >= 15 is 0 Å². The van der Waals surface area contributed by atoms with Crippen LogP contribution in [0, 0.1) is 0 Å². The first kappa shape index (κ1) is 36.6. The van der Waals surface area contributed by atoms with Gasteiger partial charge in [0.25, 0.3) is 0 Å². The van der Waals surface area contributed by atoms with Gasteiger partial charge < -0.3 is 63.6 Å². The fourth-order valence-electron chi connectivity index (χ4n) is 6.19. The summed E-state index contributed by atoms with van der Waals surface area (Å²) in [4.78, 5) is 25.9. The van der Waals surface area contributed by atoms with Gasteiger partial charge in [-0.05, 0) is 29.8 Å². The molecule has 15 nitrogen and oxygen atoms in total. The van der Waals surface area contributed by atoms with Crippen molar-refractivity contribution in [2.75, 3.05) is 27.4 Å². The molecular formula is C36H41NO14. The molecule has 274 valence electrons. The topological polar surface area (TPSA) is 201 Å². The summed E-state index contributed by atoms with van der Waals surface area (Å²) in [5.41, 5.74) is 1.53. The number of methoxy groups -OCH3 is 2. The first-order valence-corrected chi connectivity index (χ1v) is 16.4. The van der Waals surface area contributed by atoms with E-state index in [4.69, 9.17) is 37.9 Å². The molecule has 3 aromatic carbocycles. The highest BCUT2D eigenvalue weighted by Gasteiger charge is 2.53. The van der Waals surface area contributed by atoms with Gasteiger partial charge in [-0.3, -0.25) is 4.79 Å². The summed E-state index contributed by atoms with van der Waals surface area (Å²) in [6.45, 7) is -0.515. The molecule has 11 atom stereocenters. The van der Waals surface area contributed by atoms with Gasteiger partial charge in [0.2, 0.25) is 5.91 Å². The van der Waals surface area contributed by atoms with Crippen LogP contribution in [0.15, 0.2) is 78.9 Å². The normalized spacial score (nSPS) is 31.9. The second-order valence-corrected chi connectivity index (χ2v) is 12.3. The van der Waals surface area contributed by atoms with E-state index in [1.54, 1.807) is 60.7 Å². The second kappa shape index (κ2) is 16.5. The predicted octanol–water partition coefficient (Wildman–Crippen LogP) is 0.612. The monoisotopic (exact) mass is 711 g/mol. The summed E-state index contributed by atoms with van der Waals surface area (Å²) in [6.07, 6.45) is -15.3. The Balaban J connectivity index is 1.15. The van der Waals surface area contributed by atoms with Crippen molar-refractivity contribution in [1.29, 1.82) is 0 Å². The number of amides is 1. The molecule has 3 aliphatic rings. The molecule has 0 aromatic heterocycles. The Hall–Kier alpha value is -4.16. The number of aliphatic hydroxyl groups excluding tert-OH is 4. The SMILES string of the molecule is COc1ccc(CC(=O)N[C@@H]2O[C@H](COC(=O)c3ccccc3)[C@@H](O[C@H]3O[C@@H]4COC(c5ccccc5)O[C@H]4[C@H](O)[C@H]3O)[C@H](O)[C@H]2O)cc1OC. The van der Waals surface area contributed by atoms with Crippen molar-refractivity contribution in [1.82, 2.24) is 5.32 Å². The number of hydrogen-bond donors (Lipinski definition) is 5. The number of ether oxygens (including phenoxy) is 8. The quantitative estimate of drug-likeness (QED) is 0.173. The fraction of sp³-hybridized carbons (Fsp3) is 0.444. The zero-order valence-corrected chi connectivity index (χ0v) is 27.8. The molecule has 3 fully saturated rings. The van der Waals surface area contributed by atoms with Crippen LogP contribution in [0.25, 0.3) is 0 Å². The van der Waals surface area contributed by atoms with Crippen LogP contribution in [0.5, 0.6) is 11.5 Å². The van der Waals surface area contributed by atoms with Crippen LogP contribution in [0.4, 0.5) is 0 Å². The van der Waals surface area contributed by atoms with Crippen LogP contribution < -0.4 is 14.8 Å². The van der Waals surface area contributed by atoms with Gasteiger partial charge in [0.1, 0.15) is 55.4 Å². The smallest absolute Gasteiger partial charge is 0.338 e. The molecule has 3 aromatic rings. The fourth-order valence-corrected chi connectivity index (χ4v) is 6.19. The van der Waals surface area contributed by atoms with E-state index < -0.39 is 86.1 Å². The molecule has 3 aliphatic heterocycles. The minimum atomic E-state index is -1.75. The van der Waals surface area contributed by atoms with E-state index in [0.29, 0.717) is 22.6 Å². The summed E-state index contributed by atoms with van der Waals surface area (Å²) in [7, 11) is 2.95. The first-order valence-electron chi connectivity index (χ1n) is 16.4. The molecule has 0 saturated carbocycles. The summed E-state index contributed by atoms with van der Waals surface area (Å²) < 4.78 is 45.7. The van der Waals surface area contributed by atoms with E-state index in [9.17, 15) is 30.0 Å². The predicted molar refractivity (Wildman–Crippen MR) is 174 cm³/mol. The Morgan fingerprint density at radius 2 is 1.51 bits per heavy atom. The molecule has 0 aliphatic carbocycles. The molecular weight excluding hydrogens is 670 g/mol. The second-order valence-electron chi connectivity index (χ2n) is 12.3. The molecule has 1 amide bonds. The minimum absolute atomic E-state index is 0.0213. The summed E-state index contributed by atoms with van der Waals surface area (Å²) in [5, 5.41) is 47.2. The van der Waals surface area contributed by atoms with Crippen molar-refractivity contribution in [3.8, 4) is 11.5 Å². The van der Waals surface area contributed by atoms with Gasteiger partial charge in [-0.2, -0.15) is 0 Å². The lowest BCUT2D eigenvalue weighted by Gasteiger charge is -2.48. The van der Waals surface area contributed by atoms with Gasteiger partial charge in [-0.1, -0.05) is 54.6 Å². The summed E-state index contributed by atoms with van der Waals surface area (Å²) >= 11 is 0. The Morgan fingerprint density at radius 3 is 2.22 bits per heavy atom. The Labute approximate surface area is 293 Å². The lowest BCUT2D eigenvalue weighted by molar-refractivity contribution is -0.379. The molecule has 5 N–H and O–H groups in total. The average Bonchev–Trinajstić information content (AvgIpc) is 3.16. The average molecular weight is 712 g/mol. The van der Waals surface area contributed by atoms with E-state index in [1.807, 2.05) is 18.2 Å². The van der Waals surface area contributed by atoms with Crippen molar-refractivity contribution >= 4 is 11.9 Å². The Bertz CT molecular complexity index is 1610. The van der Waals surface area contributed by atoms with E-state index in [2.05, 4.69) is 5.32 Å². The number of carbonyl (C=O) groups is 2. The van der Waals surface area contributed by atoms with Crippen molar-refractivity contribution in [2.24, 2.45) is 0 Å². The van der Waals surface area contributed by atoms with Crippen LogP contribution in [-0.4, -0.2) is 121 Å². The maximum atomic E-state index is 13.1. The summed E-state index contributed by atoms with van der Waals surface area (Å²) in [6, 6.07) is 22.2. The molecule has 6 rings (SSSR count). The highest BCUT2D eigenvalue weighted by atomic mass is 16.8. The number of esters is 1. The van der Waals surface area contributed by atoms with Gasteiger partial charge in [0, 0.05) is 5.56 Å². The number of carbonyl (C=O) groups excluding carboxylic acids is 2. The Morgan fingerprint density at radius 1 is 0.804 bits per heavy atom. The molecule has 0 spiro atoms. The highest BCUT2D eigenvalue weighted by molar-refractivity contribution is 5.89. The van der Waals surface area contributed by atoms with Crippen molar-refractivity contribution < 1.29 is 67.9 Å². The number of hydrogen-bond acceptors (Lipinski definition) is 14. The third-order valence-electron chi connectivity index (χ3n) is 8.88. The van der Waals surface area contributed by atoms with E-state index in [-0.39, 0.29) is 18.6 Å². The number of aliphatic hydroxyl groups is 4. The number of fused-ring (bicyclic) bond motifs is 1. The van der Waals surface area contributed by atoms with Gasteiger partial charge in [0.15, 0.2) is 30.3 Å². The molecule has 0 bridgehead atoms. The molecule has 0 radical (unpaired) electrons. The molecule has 3 saturated heterocycles. The summed E-state index contributed by atoms with van der Waals surface area (Å²) in [5.74, 6) is -0.378. The molecule has 1 unspecified atom stereocenters. The van der Waals surface area contributed by atoms with Gasteiger partial charge >= 0.3 is 5.97 Å². The van der Waals surface area contributed by atoms with Crippen LogP contribution in [0.3, 0.4) is 0 Å². The largest absolute Gasteiger partial charge is 0.493 e. The third-order valence-corrected chi connectivity index (χ3v) is 8.88. The lowest BCUT2D eigenvalue weighted by atomic mass is 9.95. The van der Waals surface area contributed by atoms with Crippen molar-refractivity contribution in [3.63, 3.8) is 0 Å². The number of rotatable bonds is 11. The van der Waals surface area contributed by atoms with Gasteiger partial charge in [0.05, 0.1) is 32.8 Å². The molecule has 51 heavy (non-hydrogen) atoms. The van der Waals surface area contributed by atoms with Crippen LogP contribution in [-0.2, 0) is 39.6 Å². The maximum absolute atomic E-state index is 13.1. The Kier molecular flexibility index (Phi) is 11.8. The maximum Gasteiger partial charge on any atom is 0.338 e. The van der Waals surface area contributed by atoms with E-state index in [0.717, 1.165) is 0 Å².